The first-order valence-corrected chi connectivity index (χ1v) is 6.84. The number of nitrogens with zero attached hydrogens (tertiary/aromatic N) is 1. The van der Waals surface area contributed by atoms with Gasteiger partial charge in [-0.05, 0) is 38.0 Å². The number of aromatic nitrogens is 1. The lowest BCUT2D eigenvalue weighted by Crippen LogP contribution is -2.15. The summed E-state index contributed by atoms with van der Waals surface area (Å²) in [7, 11) is 0. The Balaban J connectivity index is 1.68. The van der Waals surface area contributed by atoms with Gasteiger partial charge in [0.15, 0.2) is 0 Å². The fourth-order valence-electron chi connectivity index (χ4n) is 2.19. The SMILES string of the molecule is CC1CCc2nc(CNC3CC3)sc2C1. The summed E-state index contributed by atoms with van der Waals surface area (Å²) < 4.78 is 0. The van der Waals surface area contributed by atoms with Crippen LogP contribution in [0.5, 0.6) is 0 Å². The number of hydrogen-bond donors (Lipinski definition) is 1. The standard InChI is InChI=1S/C12H18N2S/c1-8-2-5-10-11(6-8)15-12(14-10)7-13-9-3-4-9/h8-9,13H,2-7H2,1H3. The molecule has 1 saturated carbocycles. The molecule has 0 spiro atoms. The molecule has 3 heteroatoms. The van der Waals surface area contributed by atoms with E-state index in [1.165, 1.54) is 42.8 Å². The van der Waals surface area contributed by atoms with Crippen molar-refractivity contribution in [1.29, 1.82) is 0 Å². The summed E-state index contributed by atoms with van der Waals surface area (Å²) >= 11 is 1.94. The predicted molar refractivity (Wildman–Crippen MR) is 63.2 cm³/mol. The Bertz CT molecular complexity index is 355. The third-order valence-corrected chi connectivity index (χ3v) is 4.47. The van der Waals surface area contributed by atoms with Crippen LogP contribution in [0.25, 0.3) is 0 Å². The number of fused-ring (bicyclic) bond motifs is 1. The molecule has 1 atom stereocenters. The van der Waals surface area contributed by atoms with Gasteiger partial charge in [0.2, 0.25) is 0 Å². The van der Waals surface area contributed by atoms with Gasteiger partial charge in [0, 0.05) is 17.5 Å². The van der Waals surface area contributed by atoms with E-state index in [-0.39, 0.29) is 0 Å². The Morgan fingerprint density at radius 2 is 2.27 bits per heavy atom. The van der Waals surface area contributed by atoms with Gasteiger partial charge in [-0.25, -0.2) is 4.98 Å². The van der Waals surface area contributed by atoms with E-state index < -0.39 is 0 Å². The Kier molecular flexibility index (Phi) is 2.53. The molecular formula is C12H18N2S. The van der Waals surface area contributed by atoms with Crippen molar-refractivity contribution in [2.75, 3.05) is 0 Å². The van der Waals surface area contributed by atoms with E-state index >= 15 is 0 Å². The maximum absolute atomic E-state index is 4.74. The Morgan fingerprint density at radius 3 is 3.07 bits per heavy atom. The number of rotatable bonds is 3. The van der Waals surface area contributed by atoms with Gasteiger partial charge in [0.25, 0.3) is 0 Å². The van der Waals surface area contributed by atoms with Crippen molar-refractivity contribution in [3.63, 3.8) is 0 Å². The van der Waals surface area contributed by atoms with Gasteiger partial charge in [0.05, 0.1) is 5.69 Å². The zero-order valence-electron chi connectivity index (χ0n) is 9.25. The summed E-state index contributed by atoms with van der Waals surface area (Å²) in [5, 5.41) is 4.85. The minimum Gasteiger partial charge on any atom is -0.308 e. The molecule has 1 N–H and O–H groups in total. The van der Waals surface area contributed by atoms with E-state index in [0.717, 1.165) is 18.5 Å². The van der Waals surface area contributed by atoms with Gasteiger partial charge in [-0.2, -0.15) is 0 Å². The van der Waals surface area contributed by atoms with E-state index in [4.69, 9.17) is 4.98 Å². The molecule has 82 valence electrons. The fraction of sp³-hybridized carbons (Fsp3) is 0.750. The van der Waals surface area contributed by atoms with Crippen molar-refractivity contribution in [3.05, 3.63) is 15.6 Å². The first-order valence-electron chi connectivity index (χ1n) is 6.02. The summed E-state index contributed by atoms with van der Waals surface area (Å²) in [6, 6.07) is 0.796. The molecule has 2 aliphatic carbocycles. The van der Waals surface area contributed by atoms with E-state index in [1.807, 2.05) is 11.3 Å². The highest BCUT2D eigenvalue weighted by molar-refractivity contribution is 7.11. The molecule has 0 bridgehead atoms. The normalized spacial score (nSPS) is 25.3. The van der Waals surface area contributed by atoms with Crippen molar-refractivity contribution in [3.8, 4) is 0 Å². The number of hydrogen-bond acceptors (Lipinski definition) is 3. The number of thiazole rings is 1. The van der Waals surface area contributed by atoms with Crippen molar-refractivity contribution in [1.82, 2.24) is 10.3 Å². The molecule has 0 aliphatic heterocycles. The van der Waals surface area contributed by atoms with Crippen molar-refractivity contribution >= 4 is 11.3 Å². The van der Waals surface area contributed by atoms with E-state index in [9.17, 15) is 0 Å². The molecule has 1 heterocycles. The molecule has 1 aromatic rings. The van der Waals surface area contributed by atoms with Crippen LogP contribution in [-0.4, -0.2) is 11.0 Å². The molecule has 2 nitrogen and oxygen atoms in total. The maximum atomic E-state index is 4.74. The first-order chi connectivity index (χ1) is 7.31. The van der Waals surface area contributed by atoms with Crippen LogP contribution in [-0.2, 0) is 19.4 Å². The topological polar surface area (TPSA) is 24.9 Å². The average Bonchev–Trinajstić information content (AvgIpc) is 2.95. The highest BCUT2D eigenvalue weighted by Crippen LogP contribution is 2.30. The number of nitrogens with one attached hydrogen (secondary N) is 1. The van der Waals surface area contributed by atoms with Gasteiger partial charge in [-0.3, -0.25) is 0 Å². The molecule has 0 aromatic carbocycles. The summed E-state index contributed by atoms with van der Waals surface area (Å²) in [6.07, 6.45) is 6.52. The van der Waals surface area contributed by atoms with Crippen molar-refractivity contribution in [2.24, 2.45) is 5.92 Å². The zero-order valence-corrected chi connectivity index (χ0v) is 10.1. The molecule has 1 fully saturated rings. The van der Waals surface area contributed by atoms with Crippen LogP contribution < -0.4 is 5.32 Å². The third kappa shape index (κ3) is 2.23. The van der Waals surface area contributed by atoms with Crippen LogP contribution in [0.1, 0.15) is 41.8 Å². The summed E-state index contributed by atoms with van der Waals surface area (Å²) in [5.74, 6) is 0.863. The number of aryl methyl sites for hydroxylation is 1. The van der Waals surface area contributed by atoms with Crippen molar-refractivity contribution in [2.45, 2.75) is 51.6 Å². The molecule has 0 amide bonds. The van der Waals surface area contributed by atoms with Gasteiger partial charge < -0.3 is 5.32 Å². The highest BCUT2D eigenvalue weighted by Gasteiger charge is 2.22. The quantitative estimate of drug-likeness (QED) is 0.850. The third-order valence-electron chi connectivity index (χ3n) is 3.35. The van der Waals surface area contributed by atoms with Gasteiger partial charge in [0.1, 0.15) is 5.01 Å². The fourth-order valence-corrected chi connectivity index (χ4v) is 3.42. The van der Waals surface area contributed by atoms with E-state index in [0.29, 0.717) is 0 Å². The minimum absolute atomic E-state index is 0.796. The van der Waals surface area contributed by atoms with Crippen LogP contribution in [0, 0.1) is 5.92 Å². The summed E-state index contributed by atoms with van der Waals surface area (Å²) in [5.41, 5.74) is 1.39. The zero-order chi connectivity index (χ0) is 10.3. The lowest BCUT2D eigenvalue weighted by molar-refractivity contribution is 0.501. The summed E-state index contributed by atoms with van der Waals surface area (Å²) in [4.78, 5) is 6.30. The average molecular weight is 222 g/mol. The molecule has 1 unspecified atom stereocenters. The first kappa shape index (κ1) is 9.79. The van der Waals surface area contributed by atoms with Crippen LogP contribution in [0.4, 0.5) is 0 Å². The monoisotopic (exact) mass is 222 g/mol. The summed E-state index contributed by atoms with van der Waals surface area (Å²) in [6.45, 7) is 3.35. The largest absolute Gasteiger partial charge is 0.308 e. The molecule has 1 aromatic heterocycles. The molecule has 0 radical (unpaired) electrons. The van der Waals surface area contributed by atoms with E-state index in [1.54, 1.807) is 4.88 Å². The second-order valence-electron chi connectivity index (χ2n) is 4.98. The second-order valence-corrected chi connectivity index (χ2v) is 6.15. The van der Waals surface area contributed by atoms with Crippen LogP contribution in [0.3, 0.4) is 0 Å². The highest BCUT2D eigenvalue weighted by atomic mass is 32.1. The minimum atomic E-state index is 0.796. The molecule has 3 rings (SSSR count). The molecule has 2 aliphatic rings. The van der Waals surface area contributed by atoms with Gasteiger partial charge in [-0.1, -0.05) is 6.92 Å². The van der Waals surface area contributed by atoms with Crippen LogP contribution >= 0.6 is 11.3 Å². The lowest BCUT2D eigenvalue weighted by atomic mass is 9.93. The van der Waals surface area contributed by atoms with Gasteiger partial charge >= 0.3 is 0 Å². The van der Waals surface area contributed by atoms with Crippen LogP contribution in [0.2, 0.25) is 0 Å². The maximum Gasteiger partial charge on any atom is 0.107 e. The Hall–Kier alpha value is -0.410. The second kappa shape index (κ2) is 3.87. The molecular weight excluding hydrogens is 204 g/mol. The van der Waals surface area contributed by atoms with Crippen LogP contribution in [0.15, 0.2) is 0 Å². The van der Waals surface area contributed by atoms with E-state index in [2.05, 4.69) is 12.2 Å². The predicted octanol–water partition coefficient (Wildman–Crippen LogP) is 2.52. The van der Waals surface area contributed by atoms with Crippen molar-refractivity contribution < 1.29 is 0 Å². The molecule has 0 saturated heterocycles. The Morgan fingerprint density at radius 1 is 1.40 bits per heavy atom. The molecule has 15 heavy (non-hydrogen) atoms. The lowest BCUT2D eigenvalue weighted by Gasteiger charge is -2.15. The Labute approximate surface area is 95.1 Å². The van der Waals surface area contributed by atoms with Gasteiger partial charge in [-0.15, -0.1) is 11.3 Å². The smallest absolute Gasteiger partial charge is 0.107 e.